The standard InChI is InChI=1S/C11H6Br2ClN3O2/c12-6-1-2-8(13)9(3-6)15-11-5-7(17(18)19)4-10(14)16-11/h1-5H,(H,15,16). The van der Waals surface area contributed by atoms with E-state index in [0.717, 1.165) is 14.6 Å². The summed E-state index contributed by atoms with van der Waals surface area (Å²) in [6.45, 7) is 0. The first kappa shape index (κ1) is 14.2. The summed E-state index contributed by atoms with van der Waals surface area (Å²) in [6.07, 6.45) is 0. The Morgan fingerprint density at radius 1 is 1.26 bits per heavy atom. The quantitative estimate of drug-likeness (QED) is 0.446. The number of aromatic nitrogens is 1. The number of nitrogens with zero attached hydrogens (tertiary/aromatic N) is 2. The van der Waals surface area contributed by atoms with E-state index in [0.29, 0.717) is 5.82 Å². The van der Waals surface area contributed by atoms with Crippen LogP contribution in [0.5, 0.6) is 0 Å². The van der Waals surface area contributed by atoms with Crippen molar-refractivity contribution in [3.63, 3.8) is 0 Å². The molecule has 0 aliphatic heterocycles. The highest BCUT2D eigenvalue weighted by Crippen LogP contribution is 2.30. The molecule has 1 N–H and O–H groups in total. The molecule has 0 unspecified atom stereocenters. The second kappa shape index (κ2) is 5.85. The molecule has 0 spiro atoms. The largest absolute Gasteiger partial charge is 0.339 e. The second-order valence-electron chi connectivity index (χ2n) is 3.54. The summed E-state index contributed by atoms with van der Waals surface area (Å²) in [7, 11) is 0. The van der Waals surface area contributed by atoms with Crippen LogP contribution in [-0.4, -0.2) is 9.91 Å². The van der Waals surface area contributed by atoms with Crippen LogP contribution in [0.4, 0.5) is 17.2 Å². The van der Waals surface area contributed by atoms with Crippen LogP contribution >= 0.6 is 43.5 Å². The molecule has 0 saturated heterocycles. The number of rotatable bonds is 3. The molecule has 19 heavy (non-hydrogen) atoms. The van der Waals surface area contributed by atoms with Crippen LogP contribution in [0.1, 0.15) is 0 Å². The normalized spacial score (nSPS) is 10.3. The fourth-order valence-corrected chi connectivity index (χ4v) is 2.29. The van der Waals surface area contributed by atoms with Gasteiger partial charge in [0.25, 0.3) is 5.69 Å². The van der Waals surface area contributed by atoms with Gasteiger partial charge in [0.05, 0.1) is 22.7 Å². The van der Waals surface area contributed by atoms with Gasteiger partial charge in [-0.3, -0.25) is 10.1 Å². The van der Waals surface area contributed by atoms with Crippen molar-refractivity contribution in [1.82, 2.24) is 4.98 Å². The van der Waals surface area contributed by atoms with Gasteiger partial charge >= 0.3 is 0 Å². The lowest BCUT2D eigenvalue weighted by Gasteiger charge is -2.08. The Balaban J connectivity index is 2.38. The molecule has 2 rings (SSSR count). The highest BCUT2D eigenvalue weighted by atomic mass is 79.9. The van der Waals surface area contributed by atoms with Crippen LogP contribution in [0, 0.1) is 10.1 Å². The minimum atomic E-state index is -0.519. The van der Waals surface area contributed by atoms with Crippen molar-refractivity contribution in [2.45, 2.75) is 0 Å². The smallest absolute Gasteiger partial charge is 0.276 e. The molecule has 0 fully saturated rings. The van der Waals surface area contributed by atoms with Gasteiger partial charge < -0.3 is 5.32 Å². The number of benzene rings is 1. The van der Waals surface area contributed by atoms with Crippen molar-refractivity contribution in [1.29, 1.82) is 0 Å². The van der Waals surface area contributed by atoms with Crippen molar-refractivity contribution < 1.29 is 4.92 Å². The average molecular weight is 407 g/mol. The molecular weight excluding hydrogens is 401 g/mol. The van der Waals surface area contributed by atoms with Gasteiger partial charge in [0.2, 0.25) is 0 Å². The second-order valence-corrected chi connectivity index (χ2v) is 5.70. The summed E-state index contributed by atoms with van der Waals surface area (Å²) in [5, 5.41) is 13.8. The van der Waals surface area contributed by atoms with Crippen molar-refractivity contribution >= 4 is 60.7 Å². The van der Waals surface area contributed by atoms with E-state index in [4.69, 9.17) is 11.6 Å². The summed E-state index contributed by atoms with van der Waals surface area (Å²) < 4.78 is 1.68. The van der Waals surface area contributed by atoms with Crippen LogP contribution in [0.25, 0.3) is 0 Å². The number of hydrogen-bond donors (Lipinski definition) is 1. The van der Waals surface area contributed by atoms with Gasteiger partial charge in [-0.15, -0.1) is 0 Å². The molecular formula is C11H6Br2ClN3O2. The lowest BCUT2D eigenvalue weighted by Crippen LogP contribution is -1.97. The third-order valence-electron chi connectivity index (χ3n) is 2.18. The van der Waals surface area contributed by atoms with Crippen molar-refractivity contribution in [3.8, 4) is 0 Å². The Hall–Kier alpha value is -1.18. The minimum Gasteiger partial charge on any atom is -0.339 e. The lowest BCUT2D eigenvalue weighted by molar-refractivity contribution is -0.384. The fraction of sp³-hybridized carbons (Fsp3) is 0. The number of nitrogens with one attached hydrogen (secondary N) is 1. The Morgan fingerprint density at radius 3 is 2.68 bits per heavy atom. The summed E-state index contributed by atoms with van der Waals surface area (Å²) in [5.41, 5.74) is 0.604. The van der Waals surface area contributed by atoms with Crippen LogP contribution in [-0.2, 0) is 0 Å². The molecule has 0 atom stereocenters. The summed E-state index contributed by atoms with van der Waals surface area (Å²) in [4.78, 5) is 14.2. The maximum absolute atomic E-state index is 10.8. The molecule has 98 valence electrons. The molecule has 1 aromatic heterocycles. The molecule has 0 bridgehead atoms. The lowest BCUT2D eigenvalue weighted by atomic mass is 10.3. The molecule has 0 aliphatic carbocycles. The molecule has 0 amide bonds. The van der Waals surface area contributed by atoms with Crippen molar-refractivity contribution in [3.05, 3.63) is 54.5 Å². The van der Waals surface area contributed by atoms with E-state index < -0.39 is 4.92 Å². The van der Waals surface area contributed by atoms with Gasteiger partial charge in [-0.2, -0.15) is 0 Å². The Kier molecular flexibility index (Phi) is 4.38. The van der Waals surface area contributed by atoms with Gasteiger partial charge in [0.1, 0.15) is 11.0 Å². The van der Waals surface area contributed by atoms with Crippen LogP contribution in [0.3, 0.4) is 0 Å². The molecule has 1 heterocycles. The van der Waals surface area contributed by atoms with Crippen LogP contribution in [0.15, 0.2) is 39.3 Å². The van der Waals surface area contributed by atoms with E-state index in [1.165, 1.54) is 12.1 Å². The monoisotopic (exact) mass is 405 g/mol. The Labute approximate surface area is 130 Å². The zero-order valence-electron chi connectivity index (χ0n) is 9.23. The zero-order valence-corrected chi connectivity index (χ0v) is 13.2. The maximum Gasteiger partial charge on any atom is 0.276 e. The fourth-order valence-electron chi connectivity index (χ4n) is 1.38. The molecule has 0 saturated carbocycles. The maximum atomic E-state index is 10.8. The number of anilines is 2. The SMILES string of the molecule is O=[N+]([O-])c1cc(Cl)nc(Nc2cc(Br)ccc2Br)c1. The topological polar surface area (TPSA) is 68.1 Å². The number of pyridine rings is 1. The highest BCUT2D eigenvalue weighted by Gasteiger charge is 2.11. The average Bonchev–Trinajstić information content (AvgIpc) is 2.33. The molecule has 1 aromatic carbocycles. The zero-order chi connectivity index (χ0) is 14.0. The third kappa shape index (κ3) is 3.65. The van der Waals surface area contributed by atoms with E-state index in [1.807, 2.05) is 18.2 Å². The van der Waals surface area contributed by atoms with Crippen molar-refractivity contribution in [2.75, 3.05) is 5.32 Å². The van der Waals surface area contributed by atoms with Crippen molar-refractivity contribution in [2.24, 2.45) is 0 Å². The predicted molar refractivity (Wildman–Crippen MR) is 81.0 cm³/mol. The van der Waals surface area contributed by atoms with E-state index in [9.17, 15) is 10.1 Å². The third-order valence-corrected chi connectivity index (χ3v) is 3.56. The van der Waals surface area contributed by atoms with Crippen LogP contribution < -0.4 is 5.32 Å². The van der Waals surface area contributed by atoms with E-state index in [2.05, 4.69) is 42.2 Å². The highest BCUT2D eigenvalue weighted by molar-refractivity contribution is 9.11. The Morgan fingerprint density at radius 2 is 2.00 bits per heavy atom. The van der Waals surface area contributed by atoms with E-state index in [1.54, 1.807) is 0 Å². The van der Waals surface area contributed by atoms with E-state index >= 15 is 0 Å². The molecule has 2 aromatic rings. The number of hydrogen-bond acceptors (Lipinski definition) is 4. The van der Waals surface area contributed by atoms with Gasteiger partial charge in [0, 0.05) is 8.95 Å². The van der Waals surface area contributed by atoms with Gasteiger partial charge in [-0.05, 0) is 34.1 Å². The first-order valence-electron chi connectivity index (χ1n) is 5.00. The van der Waals surface area contributed by atoms with Crippen LogP contribution in [0.2, 0.25) is 5.15 Å². The summed E-state index contributed by atoms with van der Waals surface area (Å²) >= 11 is 12.5. The molecule has 5 nitrogen and oxygen atoms in total. The predicted octanol–water partition coefficient (Wildman–Crippen LogP) is 4.91. The first-order chi connectivity index (χ1) is 8.95. The van der Waals surface area contributed by atoms with E-state index in [-0.39, 0.29) is 10.8 Å². The molecule has 0 aliphatic rings. The number of nitro groups is 1. The first-order valence-corrected chi connectivity index (χ1v) is 6.96. The Bertz CT molecular complexity index is 652. The number of halogens is 3. The summed E-state index contributed by atoms with van der Waals surface area (Å²) in [5.74, 6) is 0.304. The molecule has 0 radical (unpaired) electrons. The van der Waals surface area contributed by atoms with Gasteiger partial charge in [0.15, 0.2) is 0 Å². The minimum absolute atomic E-state index is 0.0582. The molecule has 8 heteroatoms. The summed E-state index contributed by atoms with van der Waals surface area (Å²) in [6, 6.07) is 8.04. The van der Waals surface area contributed by atoms with Gasteiger partial charge in [-0.1, -0.05) is 27.5 Å². The van der Waals surface area contributed by atoms with Gasteiger partial charge in [-0.25, -0.2) is 4.98 Å².